The van der Waals surface area contributed by atoms with Crippen molar-refractivity contribution in [2.75, 3.05) is 5.32 Å². The van der Waals surface area contributed by atoms with Crippen LogP contribution >= 0.6 is 0 Å². The number of hydrogen-bond donors (Lipinski definition) is 3. The summed E-state index contributed by atoms with van der Waals surface area (Å²) in [5, 5.41) is 20.8. The van der Waals surface area contributed by atoms with Crippen LogP contribution in [0.3, 0.4) is 0 Å². The summed E-state index contributed by atoms with van der Waals surface area (Å²) in [7, 11) is 0. The van der Waals surface area contributed by atoms with Gasteiger partial charge < -0.3 is 15.5 Å². The molecule has 0 bridgehead atoms. The summed E-state index contributed by atoms with van der Waals surface area (Å²) in [6.45, 7) is 0. The lowest BCUT2D eigenvalue weighted by molar-refractivity contribution is 0.0697. The average Bonchev–Trinajstić information content (AvgIpc) is 2.18. The highest BCUT2D eigenvalue weighted by Crippen LogP contribution is 2.27. The fraction of sp³-hybridized carbons (Fsp3) is 0.364. The standard InChI is InChI=1S/C11H12FNO3/c12-9-3-1-2-8(11(15)16)10(9)13-6-4-7(14)5-6/h1-3,6-7,13-14H,4-5H2,(H,15,16). The summed E-state index contributed by atoms with van der Waals surface area (Å²) in [5.41, 5.74) is -0.0757. The van der Waals surface area contributed by atoms with Crippen LogP contribution in [0.4, 0.5) is 10.1 Å². The van der Waals surface area contributed by atoms with Crippen molar-refractivity contribution in [1.29, 1.82) is 0 Å². The largest absolute Gasteiger partial charge is 0.478 e. The Morgan fingerprint density at radius 2 is 2.12 bits per heavy atom. The van der Waals surface area contributed by atoms with Crippen molar-refractivity contribution >= 4 is 11.7 Å². The normalized spacial score (nSPS) is 23.6. The molecule has 0 spiro atoms. The number of hydrogen-bond acceptors (Lipinski definition) is 3. The number of carboxylic acid groups (broad SMARTS) is 1. The van der Waals surface area contributed by atoms with Crippen LogP contribution < -0.4 is 5.32 Å². The number of aromatic carboxylic acids is 1. The van der Waals surface area contributed by atoms with Gasteiger partial charge in [0.25, 0.3) is 0 Å². The SMILES string of the molecule is O=C(O)c1cccc(F)c1NC1CC(O)C1. The maximum Gasteiger partial charge on any atom is 0.337 e. The van der Waals surface area contributed by atoms with E-state index >= 15 is 0 Å². The minimum atomic E-state index is -1.16. The molecule has 0 atom stereocenters. The minimum Gasteiger partial charge on any atom is -0.478 e. The van der Waals surface area contributed by atoms with Gasteiger partial charge in [-0.15, -0.1) is 0 Å². The van der Waals surface area contributed by atoms with Crippen molar-refractivity contribution in [2.24, 2.45) is 0 Å². The molecule has 16 heavy (non-hydrogen) atoms. The summed E-state index contributed by atoms with van der Waals surface area (Å²) in [5.74, 6) is -1.75. The second-order valence-corrected chi connectivity index (χ2v) is 3.93. The zero-order valence-corrected chi connectivity index (χ0v) is 8.48. The molecule has 0 aromatic heterocycles. The molecule has 0 heterocycles. The van der Waals surface area contributed by atoms with Crippen LogP contribution in [-0.4, -0.2) is 28.3 Å². The van der Waals surface area contributed by atoms with Crippen LogP contribution in [0, 0.1) is 5.82 Å². The zero-order chi connectivity index (χ0) is 11.7. The van der Waals surface area contributed by atoms with E-state index in [-0.39, 0.29) is 23.4 Å². The first-order valence-corrected chi connectivity index (χ1v) is 5.04. The molecule has 2 rings (SSSR count). The Balaban J connectivity index is 2.21. The van der Waals surface area contributed by atoms with Crippen molar-refractivity contribution in [3.63, 3.8) is 0 Å². The highest BCUT2D eigenvalue weighted by Gasteiger charge is 2.28. The maximum absolute atomic E-state index is 13.4. The molecule has 86 valence electrons. The summed E-state index contributed by atoms with van der Waals surface area (Å²) < 4.78 is 13.4. The third kappa shape index (κ3) is 1.99. The Hall–Kier alpha value is -1.62. The molecule has 1 saturated carbocycles. The van der Waals surface area contributed by atoms with Crippen molar-refractivity contribution in [3.05, 3.63) is 29.6 Å². The molecule has 0 radical (unpaired) electrons. The van der Waals surface area contributed by atoms with Crippen LogP contribution in [0.15, 0.2) is 18.2 Å². The van der Waals surface area contributed by atoms with Gasteiger partial charge in [-0.25, -0.2) is 9.18 Å². The van der Waals surface area contributed by atoms with Crippen molar-refractivity contribution in [3.8, 4) is 0 Å². The van der Waals surface area contributed by atoms with Gasteiger partial charge in [-0.1, -0.05) is 6.07 Å². The van der Waals surface area contributed by atoms with Crippen molar-refractivity contribution in [2.45, 2.75) is 25.0 Å². The molecule has 1 aliphatic rings. The molecule has 1 aromatic carbocycles. The number of carbonyl (C=O) groups is 1. The topological polar surface area (TPSA) is 69.6 Å². The molecule has 1 aliphatic carbocycles. The fourth-order valence-electron chi connectivity index (χ4n) is 1.76. The maximum atomic E-state index is 13.4. The number of carboxylic acids is 1. The number of aliphatic hydroxyl groups is 1. The van der Waals surface area contributed by atoms with E-state index in [4.69, 9.17) is 10.2 Å². The van der Waals surface area contributed by atoms with Crippen molar-refractivity contribution < 1.29 is 19.4 Å². The van der Waals surface area contributed by atoms with Crippen LogP contribution in [0.1, 0.15) is 23.2 Å². The van der Waals surface area contributed by atoms with Gasteiger partial charge in [-0.05, 0) is 25.0 Å². The lowest BCUT2D eigenvalue weighted by atomic mass is 9.89. The first-order chi connectivity index (χ1) is 7.58. The van der Waals surface area contributed by atoms with Gasteiger partial charge in [0.2, 0.25) is 0 Å². The second-order valence-electron chi connectivity index (χ2n) is 3.93. The fourth-order valence-corrected chi connectivity index (χ4v) is 1.76. The Labute approximate surface area is 91.7 Å². The van der Waals surface area contributed by atoms with E-state index in [0.717, 1.165) is 0 Å². The highest BCUT2D eigenvalue weighted by molar-refractivity contribution is 5.94. The minimum absolute atomic E-state index is 0.00639. The van der Waals surface area contributed by atoms with Gasteiger partial charge >= 0.3 is 5.97 Å². The quantitative estimate of drug-likeness (QED) is 0.728. The lowest BCUT2D eigenvalue weighted by Crippen LogP contribution is -2.39. The van der Waals surface area contributed by atoms with Crippen LogP contribution in [-0.2, 0) is 0 Å². The van der Waals surface area contributed by atoms with Gasteiger partial charge in [0.1, 0.15) is 5.82 Å². The van der Waals surface area contributed by atoms with E-state index in [1.54, 1.807) is 0 Å². The van der Waals surface area contributed by atoms with Crippen LogP contribution in [0.5, 0.6) is 0 Å². The monoisotopic (exact) mass is 225 g/mol. The number of benzene rings is 1. The molecular formula is C11H12FNO3. The predicted octanol–water partition coefficient (Wildman–Crippen LogP) is 1.46. The zero-order valence-electron chi connectivity index (χ0n) is 8.48. The number of para-hydroxylation sites is 1. The Morgan fingerprint density at radius 1 is 1.44 bits per heavy atom. The molecule has 0 unspecified atom stereocenters. The molecule has 0 saturated heterocycles. The number of aliphatic hydroxyl groups excluding tert-OH is 1. The van der Waals surface area contributed by atoms with Gasteiger partial charge in [0.05, 0.1) is 17.4 Å². The molecule has 1 fully saturated rings. The molecule has 3 N–H and O–H groups in total. The number of rotatable bonds is 3. The lowest BCUT2D eigenvalue weighted by Gasteiger charge is -2.33. The summed E-state index contributed by atoms with van der Waals surface area (Å²) in [4.78, 5) is 10.9. The molecule has 5 heteroatoms. The van der Waals surface area contributed by atoms with E-state index < -0.39 is 11.8 Å². The third-order valence-corrected chi connectivity index (χ3v) is 2.71. The number of anilines is 1. The van der Waals surface area contributed by atoms with Gasteiger partial charge in [0, 0.05) is 6.04 Å². The van der Waals surface area contributed by atoms with Gasteiger partial charge in [0.15, 0.2) is 0 Å². The van der Waals surface area contributed by atoms with E-state index in [9.17, 15) is 9.18 Å². The van der Waals surface area contributed by atoms with Gasteiger partial charge in [-0.2, -0.15) is 0 Å². The molecule has 0 aliphatic heterocycles. The van der Waals surface area contributed by atoms with Crippen LogP contribution in [0.25, 0.3) is 0 Å². The predicted molar refractivity (Wildman–Crippen MR) is 56.0 cm³/mol. The molecular weight excluding hydrogens is 213 g/mol. The molecule has 0 amide bonds. The summed E-state index contributed by atoms with van der Waals surface area (Å²) >= 11 is 0. The van der Waals surface area contributed by atoms with E-state index in [1.165, 1.54) is 18.2 Å². The molecule has 1 aromatic rings. The second kappa shape index (κ2) is 4.09. The smallest absolute Gasteiger partial charge is 0.337 e. The number of nitrogens with one attached hydrogen (secondary N) is 1. The average molecular weight is 225 g/mol. The Kier molecular flexibility index (Phi) is 2.78. The van der Waals surface area contributed by atoms with E-state index in [2.05, 4.69) is 5.32 Å². The first-order valence-electron chi connectivity index (χ1n) is 5.04. The third-order valence-electron chi connectivity index (χ3n) is 2.71. The number of halogens is 1. The highest BCUT2D eigenvalue weighted by atomic mass is 19.1. The summed E-state index contributed by atoms with van der Waals surface area (Å²) in [6.07, 6.45) is 0.679. The summed E-state index contributed by atoms with van der Waals surface area (Å²) in [6, 6.07) is 3.87. The Morgan fingerprint density at radius 3 is 2.69 bits per heavy atom. The Bertz CT molecular complexity index is 416. The first kappa shape index (κ1) is 10.9. The molecule has 4 nitrogen and oxygen atoms in total. The van der Waals surface area contributed by atoms with Crippen LogP contribution in [0.2, 0.25) is 0 Å². The van der Waals surface area contributed by atoms with E-state index in [0.29, 0.717) is 12.8 Å². The van der Waals surface area contributed by atoms with E-state index in [1.807, 2.05) is 0 Å². The van der Waals surface area contributed by atoms with Gasteiger partial charge in [-0.3, -0.25) is 0 Å². The van der Waals surface area contributed by atoms with Crippen molar-refractivity contribution in [1.82, 2.24) is 0 Å².